The van der Waals surface area contributed by atoms with Gasteiger partial charge in [0.15, 0.2) is 5.69 Å². The Morgan fingerprint density at radius 2 is 2.00 bits per heavy atom. The van der Waals surface area contributed by atoms with Gasteiger partial charge >= 0.3 is 12.2 Å². The molecule has 146 valence electrons. The Labute approximate surface area is 151 Å². The average Bonchev–Trinajstić information content (AvgIpc) is 3.32. The number of alkyl halides is 3. The van der Waals surface area contributed by atoms with E-state index in [0.717, 1.165) is 19.2 Å². The molecule has 0 bridgehead atoms. The number of nitrogens with one attached hydrogen (secondary N) is 1. The van der Waals surface area contributed by atoms with Gasteiger partial charge in [-0.05, 0) is 38.3 Å². The number of halogens is 3. The number of piperidine rings is 1. The van der Waals surface area contributed by atoms with Crippen molar-refractivity contribution in [1.29, 1.82) is 0 Å². The lowest BCUT2D eigenvalue weighted by atomic mass is 10.1. The highest BCUT2D eigenvalue weighted by atomic mass is 19.4. The zero-order valence-electron chi connectivity index (χ0n) is 15.0. The fraction of sp³-hybridized carbons (Fsp3) is 0.765. The van der Waals surface area contributed by atoms with Crippen molar-refractivity contribution >= 4 is 6.03 Å². The third kappa shape index (κ3) is 4.69. The van der Waals surface area contributed by atoms with Crippen LogP contribution in [0.25, 0.3) is 0 Å². The molecule has 1 saturated heterocycles. The molecular formula is C17H26F3N5O. The summed E-state index contributed by atoms with van der Waals surface area (Å²) in [5.41, 5.74) is -0.867. The maximum atomic E-state index is 12.7. The predicted octanol–water partition coefficient (Wildman–Crippen LogP) is 2.73. The van der Waals surface area contributed by atoms with Crippen molar-refractivity contribution in [3.05, 3.63) is 18.0 Å². The van der Waals surface area contributed by atoms with Gasteiger partial charge in [0.05, 0.1) is 6.04 Å². The van der Waals surface area contributed by atoms with Gasteiger partial charge in [0.2, 0.25) is 0 Å². The number of hydrogen-bond acceptors (Lipinski definition) is 3. The average molecular weight is 373 g/mol. The van der Waals surface area contributed by atoms with E-state index in [0.29, 0.717) is 38.5 Å². The summed E-state index contributed by atoms with van der Waals surface area (Å²) in [6.45, 7) is 5.66. The molecule has 9 heteroatoms. The summed E-state index contributed by atoms with van der Waals surface area (Å²) in [4.78, 5) is 16.4. The Hall–Kier alpha value is -1.77. The number of aromatic nitrogens is 2. The molecular weight excluding hydrogens is 347 g/mol. The third-order valence-corrected chi connectivity index (χ3v) is 5.17. The fourth-order valence-electron chi connectivity index (χ4n) is 3.48. The van der Waals surface area contributed by atoms with Crippen molar-refractivity contribution in [2.24, 2.45) is 0 Å². The minimum Gasteiger partial charge on any atom is -0.337 e. The maximum absolute atomic E-state index is 12.7. The zero-order valence-corrected chi connectivity index (χ0v) is 15.0. The molecule has 1 saturated carbocycles. The highest BCUT2D eigenvalue weighted by molar-refractivity contribution is 5.74. The number of urea groups is 1. The Balaban J connectivity index is 1.41. The highest BCUT2D eigenvalue weighted by Gasteiger charge is 2.34. The van der Waals surface area contributed by atoms with Crippen molar-refractivity contribution in [2.45, 2.75) is 50.9 Å². The second-order valence-corrected chi connectivity index (χ2v) is 6.99. The molecule has 0 spiro atoms. The molecule has 2 heterocycles. The van der Waals surface area contributed by atoms with Gasteiger partial charge in [-0.15, -0.1) is 0 Å². The summed E-state index contributed by atoms with van der Waals surface area (Å²) in [6, 6.07) is 1.49. The molecule has 26 heavy (non-hydrogen) atoms. The summed E-state index contributed by atoms with van der Waals surface area (Å²) < 4.78 is 39.3. The molecule has 0 radical (unpaired) electrons. The third-order valence-electron chi connectivity index (χ3n) is 5.17. The molecule has 1 N–H and O–H groups in total. The SMILES string of the molecule is CCN(CCNC(=O)N1CCC(n2ccc(C(F)(F)F)n2)CC1)C1CC1. The van der Waals surface area contributed by atoms with Crippen molar-refractivity contribution in [3.8, 4) is 0 Å². The first-order chi connectivity index (χ1) is 12.4. The van der Waals surface area contributed by atoms with Crippen LogP contribution in [0.2, 0.25) is 0 Å². The molecule has 0 unspecified atom stereocenters. The molecule has 2 fully saturated rings. The first-order valence-electron chi connectivity index (χ1n) is 9.27. The molecule has 0 aromatic carbocycles. The number of hydrogen-bond donors (Lipinski definition) is 1. The van der Waals surface area contributed by atoms with Gasteiger partial charge in [-0.1, -0.05) is 6.92 Å². The van der Waals surface area contributed by atoms with Crippen LogP contribution in [0.4, 0.5) is 18.0 Å². The number of rotatable bonds is 6. The summed E-state index contributed by atoms with van der Waals surface area (Å²) in [5.74, 6) is 0. The van der Waals surface area contributed by atoms with Crippen LogP contribution in [0.3, 0.4) is 0 Å². The van der Waals surface area contributed by atoms with E-state index in [9.17, 15) is 18.0 Å². The van der Waals surface area contributed by atoms with E-state index in [4.69, 9.17) is 0 Å². The van der Waals surface area contributed by atoms with Gasteiger partial charge in [0.25, 0.3) is 0 Å². The Morgan fingerprint density at radius 3 is 2.54 bits per heavy atom. The number of nitrogens with zero attached hydrogens (tertiary/aromatic N) is 4. The number of amides is 2. The van der Waals surface area contributed by atoms with Gasteiger partial charge in [-0.2, -0.15) is 18.3 Å². The monoisotopic (exact) mass is 373 g/mol. The highest BCUT2D eigenvalue weighted by Crippen LogP contribution is 2.29. The summed E-state index contributed by atoms with van der Waals surface area (Å²) in [7, 11) is 0. The predicted molar refractivity (Wildman–Crippen MR) is 90.7 cm³/mol. The molecule has 6 nitrogen and oxygen atoms in total. The molecule has 2 amide bonds. The Morgan fingerprint density at radius 1 is 1.31 bits per heavy atom. The molecule has 1 aliphatic heterocycles. The van der Waals surface area contributed by atoms with Gasteiger partial charge in [0.1, 0.15) is 0 Å². The minimum absolute atomic E-state index is 0.0910. The van der Waals surface area contributed by atoms with Crippen LogP contribution in [-0.4, -0.2) is 64.4 Å². The van der Waals surface area contributed by atoms with E-state index in [1.807, 2.05) is 0 Å². The second kappa shape index (κ2) is 7.85. The molecule has 1 aliphatic carbocycles. The van der Waals surface area contributed by atoms with E-state index >= 15 is 0 Å². The molecule has 0 atom stereocenters. The fourth-order valence-corrected chi connectivity index (χ4v) is 3.48. The lowest BCUT2D eigenvalue weighted by molar-refractivity contribution is -0.141. The van der Waals surface area contributed by atoms with Crippen LogP contribution in [0, 0.1) is 0 Å². The summed E-state index contributed by atoms with van der Waals surface area (Å²) in [6.07, 6.45) is 0.668. The quantitative estimate of drug-likeness (QED) is 0.834. The number of likely N-dealkylation sites (N-methyl/N-ethyl adjacent to an activating group) is 1. The Bertz CT molecular complexity index is 606. The van der Waals surface area contributed by atoms with Gasteiger partial charge in [-0.3, -0.25) is 9.58 Å². The van der Waals surface area contributed by atoms with Crippen LogP contribution < -0.4 is 5.32 Å². The molecule has 3 rings (SSSR count). The summed E-state index contributed by atoms with van der Waals surface area (Å²) >= 11 is 0. The van der Waals surface area contributed by atoms with E-state index in [-0.39, 0.29) is 12.1 Å². The molecule has 1 aromatic heterocycles. The second-order valence-electron chi connectivity index (χ2n) is 6.99. The number of carbonyl (C=O) groups excluding carboxylic acids is 1. The standard InChI is InChI=1S/C17H26F3N5O/c1-2-23(13-3-4-13)12-8-21-16(26)24-9-5-14(6-10-24)25-11-7-15(22-25)17(18,19)20/h7,11,13-14H,2-6,8-10,12H2,1H3,(H,21,26). The smallest absolute Gasteiger partial charge is 0.337 e. The van der Waals surface area contributed by atoms with Crippen molar-refractivity contribution < 1.29 is 18.0 Å². The normalized spacial score (nSPS) is 19.2. The van der Waals surface area contributed by atoms with Crippen LogP contribution in [0.5, 0.6) is 0 Å². The van der Waals surface area contributed by atoms with Crippen molar-refractivity contribution in [1.82, 2.24) is 24.9 Å². The lowest BCUT2D eigenvalue weighted by Crippen LogP contribution is -2.46. The minimum atomic E-state index is -4.42. The lowest BCUT2D eigenvalue weighted by Gasteiger charge is -2.32. The molecule has 1 aromatic rings. The number of carbonyl (C=O) groups is 1. The number of likely N-dealkylation sites (tertiary alicyclic amines) is 1. The van der Waals surface area contributed by atoms with Crippen LogP contribution in [0.15, 0.2) is 12.3 Å². The van der Waals surface area contributed by atoms with E-state index < -0.39 is 11.9 Å². The van der Waals surface area contributed by atoms with Crippen LogP contribution in [-0.2, 0) is 6.18 Å². The Kier molecular flexibility index (Phi) is 5.74. The van der Waals surface area contributed by atoms with E-state index in [1.54, 1.807) is 4.90 Å². The van der Waals surface area contributed by atoms with Gasteiger partial charge in [0, 0.05) is 38.4 Å². The van der Waals surface area contributed by atoms with Crippen LogP contribution in [0.1, 0.15) is 44.3 Å². The molecule has 2 aliphatic rings. The van der Waals surface area contributed by atoms with Gasteiger partial charge < -0.3 is 10.2 Å². The first kappa shape index (κ1) is 19.0. The van der Waals surface area contributed by atoms with Crippen molar-refractivity contribution in [3.63, 3.8) is 0 Å². The largest absolute Gasteiger partial charge is 0.435 e. The maximum Gasteiger partial charge on any atom is 0.435 e. The van der Waals surface area contributed by atoms with E-state index in [1.165, 1.54) is 23.7 Å². The van der Waals surface area contributed by atoms with Gasteiger partial charge in [-0.25, -0.2) is 4.79 Å². The topological polar surface area (TPSA) is 53.4 Å². The van der Waals surface area contributed by atoms with Crippen molar-refractivity contribution in [2.75, 3.05) is 32.7 Å². The first-order valence-corrected chi connectivity index (χ1v) is 9.27. The zero-order chi connectivity index (χ0) is 18.7. The summed E-state index contributed by atoms with van der Waals surface area (Å²) in [5, 5.41) is 6.60. The van der Waals surface area contributed by atoms with E-state index in [2.05, 4.69) is 22.2 Å². The van der Waals surface area contributed by atoms with Crippen LogP contribution >= 0.6 is 0 Å².